The van der Waals surface area contributed by atoms with Crippen LogP contribution in [0.2, 0.25) is 5.28 Å². The van der Waals surface area contributed by atoms with E-state index in [9.17, 15) is 9.18 Å². The Balaban J connectivity index is 1.90. The lowest BCUT2D eigenvalue weighted by Gasteiger charge is -2.11. The molecule has 1 fully saturated rings. The fraction of sp³-hybridized carbons (Fsp3) is 0.125. The van der Waals surface area contributed by atoms with E-state index in [1.165, 1.54) is 23.8 Å². The molecule has 1 saturated heterocycles. The molecule has 1 amide bonds. The number of benzene rings is 1. The summed E-state index contributed by atoms with van der Waals surface area (Å²) in [6.45, 7) is 0. The molecule has 1 aromatic heterocycles. The van der Waals surface area contributed by atoms with E-state index in [1.54, 1.807) is 31.3 Å². The van der Waals surface area contributed by atoms with E-state index in [2.05, 4.69) is 9.97 Å². The van der Waals surface area contributed by atoms with Crippen molar-refractivity contribution in [1.82, 2.24) is 14.9 Å². The Morgan fingerprint density at radius 2 is 2.15 bits per heavy atom. The number of thiocarbonyl (C=S) groups is 1. The zero-order valence-electron chi connectivity index (χ0n) is 13.5. The number of hydrogen-bond donors (Lipinski definition) is 0. The molecule has 0 bridgehead atoms. The molecule has 134 valence electrons. The van der Waals surface area contributed by atoms with Crippen LogP contribution in [-0.2, 0) is 4.79 Å². The summed E-state index contributed by atoms with van der Waals surface area (Å²) in [6.07, 6.45) is 2.61. The molecule has 26 heavy (non-hydrogen) atoms. The van der Waals surface area contributed by atoms with Crippen molar-refractivity contribution in [1.29, 1.82) is 0 Å². The van der Waals surface area contributed by atoms with Gasteiger partial charge in [-0.15, -0.1) is 0 Å². The smallest absolute Gasteiger partial charge is 0.265 e. The third-order valence-electron chi connectivity index (χ3n) is 3.36. The highest BCUT2D eigenvalue weighted by Crippen LogP contribution is 2.35. The maximum absolute atomic E-state index is 13.7. The number of thioether (sulfide) groups is 1. The predicted octanol–water partition coefficient (Wildman–Crippen LogP) is 3.90. The number of amides is 1. The number of carbonyl (C=O) groups is 1. The van der Waals surface area contributed by atoms with Crippen molar-refractivity contribution >= 4 is 51.9 Å². The van der Waals surface area contributed by atoms with E-state index in [0.717, 1.165) is 6.20 Å². The summed E-state index contributed by atoms with van der Waals surface area (Å²) >= 11 is 12.0. The van der Waals surface area contributed by atoms with Gasteiger partial charge < -0.3 is 9.47 Å². The first-order valence-electron chi connectivity index (χ1n) is 7.14. The first-order chi connectivity index (χ1) is 12.4. The van der Waals surface area contributed by atoms with Crippen molar-refractivity contribution < 1.29 is 18.7 Å². The summed E-state index contributed by atoms with van der Waals surface area (Å²) in [5.74, 6) is -0.673. The Labute approximate surface area is 163 Å². The van der Waals surface area contributed by atoms with E-state index in [1.807, 2.05) is 0 Å². The number of methoxy groups -OCH3 is 1. The lowest BCUT2D eigenvalue weighted by molar-refractivity contribution is -0.121. The number of ether oxygens (including phenoxy) is 2. The van der Waals surface area contributed by atoms with Gasteiger partial charge in [-0.1, -0.05) is 30.0 Å². The average Bonchev–Trinajstić information content (AvgIpc) is 2.86. The fourth-order valence-electron chi connectivity index (χ4n) is 2.06. The molecule has 0 unspecified atom stereocenters. The van der Waals surface area contributed by atoms with Gasteiger partial charge in [0, 0.05) is 7.05 Å². The second kappa shape index (κ2) is 7.56. The summed E-state index contributed by atoms with van der Waals surface area (Å²) in [6, 6.07) is 4.92. The molecule has 0 atom stereocenters. The van der Waals surface area contributed by atoms with Crippen LogP contribution in [0.25, 0.3) is 6.08 Å². The largest absolute Gasteiger partial charge is 0.493 e. The van der Waals surface area contributed by atoms with Gasteiger partial charge in [0.25, 0.3) is 11.8 Å². The van der Waals surface area contributed by atoms with Crippen LogP contribution in [-0.4, -0.2) is 39.3 Å². The summed E-state index contributed by atoms with van der Waals surface area (Å²) < 4.78 is 24.9. The highest BCUT2D eigenvalue weighted by atomic mass is 35.5. The molecule has 1 aromatic carbocycles. The fourth-order valence-corrected chi connectivity index (χ4v) is 3.37. The molecule has 0 radical (unpaired) electrons. The zero-order valence-corrected chi connectivity index (χ0v) is 15.9. The van der Waals surface area contributed by atoms with Crippen LogP contribution >= 0.6 is 35.6 Å². The van der Waals surface area contributed by atoms with Crippen LogP contribution in [0.4, 0.5) is 4.39 Å². The van der Waals surface area contributed by atoms with Crippen LogP contribution in [0.5, 0.6) is 17.4 Å². The maximum Gasteiger partial charge on any atom is 0.265 e. The van der Waals surface area contributed by atoms with Gasteiger partial charge in [-0.05, 0) is 35.4 Å². The topological polar surface area (TPSA) is 64.5 Å². The van der Waals surface area contributed by atoms with E-state index in [-0.39, 0.29) is 22.8 Å². The van der Waals surface area contributed by atoms with Gasteiger partial charge in [0.2, 0.25) is 11.1 Å². The first kappa shape index (κ1) is 18.6. The minimum absolute atomic E-state index is 0.140. The van der Waals surface area contributed by atoms with Crippen molar-refractivity contribution in [3.8, 4) is 17.4 Å². The van der Waals surface area contributed by atoms with Gasteiger partial charge in [0.15, 0.2) is 11.5 Å². The van der Waals surface area contributed by atoms with Crippen LogP contribution in [0.1, 0.15) is 5.56 Å². The first-order valence-corrected chi connectivity index (χ1v) is 8.75. The highest BCUT2D eigenvalue weighted by Gasteiger charge is 2.28. The van der Waals surface area contributed by atoms with Crippen molar-refractivity contribution in [2.45, 2.75) is 0 Å². The number of rotatable bonds is 4. The van der Waals surface area contributed by atoms with Crippen molar-refractivity contribution in [2.24, 2.45) is 0 Å². The van der Waals surface area contributed by atoms with Gasteiger partial charge in [0.1, 0.15) is 4.32 Å². The number of carbonyl (C=O) groups excluding carboxylic acids is 1. The number of nitrogens with zero attached hydrogens (tertiary/aromatic N) is 3. The number of likely N-dealkylation sites (N-methyl/N-ethyl adjacent to an activating group) is 1. The average molecular weight is 412 g/mol. The van der Waals surface area contributed by atoms with Crippen LogP contribution in [0, 0.1) is 5.82 Å². The van der Waals surface area contributed by atoms with Crippen molar-refractivity contribution in [3.05, 3.63) is 46.0 Å². The van der Waals surface area contributed by atoms with Gasteiger partial charge >= 0.3 is 0 Å². The molecule has 0 spiro atoms. The van der Waals surface area contributed by atoms with E-state index < -0.39 is 5.82 Å². The minimum atomic E-state index is -0.757. The molecular weight excluding hydrogens is 401 g/mol. The Bertz CT molecular complexity index is 939. The molecule has 3 rings (SSSR count). The normalized spacial score (nSPS) is 15.7. The minimum Gasteiger partial charge on any atom is -0.493 e. The van der Waals surface area contributed by atoms with Gasteiger partial charge in [-0.25, -0.2) is 4.98 Å². The van der Waals surface area contributed by atoms with Gasteiger partial charge in [-0.3, -0.25) is 9.69 Å². The lowest BCUT2D eigenvalue weighted by Crippen LogP contribution is -2.22. The number of aromatic nitrogens is 2. The molecule has 6 nitrogen and oxygen atoms in total. The van der Waals surface area contributed by atoms with Gasteiger partial charge in [0.05, 0.1) is 18.2 Å². The quantitative estimate of drug-likeness (QED) is 0.429. The monoisotopic (exact) mass is 411 g/mol. The summed E-state index contributed by atoms with van der Waals surface area (Å²) in [4.78, 5) is 21.2. The Kier molecular flexibility index (Phi) is 5.40. The van der Waals surface area contributed by atoms with E-state index in [4.69, 9.17) is 33.3 Å². The highest BCUT2D eigenvalue weighted by molar-refractivity contribution is 8.26. The summed E-state index contributed by atoms with van der Waals surface area (Å²) in [5.41, 5.74) is 0.698. The molecule has 10 heteroatoms. The molecular formula is C16H11ClFN3O3S2. The SMILES string of the molecule is COc1cc(/C=C2/SC(=S)N(C)C2=O)ccc1Oc1nc(Cl)ncc1F. The third kappa shape index (κ3) is 3.79. The Morgan fingerprint density at radius 1 is 1.38 bits per heavy atom. The number of halogens is 2. The van der Waals surface area contributed by atoms with E-state index >= 15 is 0 Å². The molecule has 2 heterocycles. The summed E-state index contributed by atoms with van der Waals surface area (Å²) in [7, 11) is 3.07. The maximum atomic E-state index is 13.7. The second-order valence-electron chi connectivity index (χ2n) is 5.05. The predicted molar refractivity (Wildman–Crippen MR) is 101 cm³/mol. The Morgan fingerprint density at radius 3 is 2.81 bits per heavy atom. The standard InChI is InChI=1S/C16H11ClFN3O3S2/c1-21-14(22)12(26-16(21)25)6-8-3-4-10(11(5-8)23-2)24-13-9(18)7-19-15(17)20-13/h3-7H,1-2H3/b12-6+. The Hall–Kier alpha value is -2.23. The van der Waals surface area contributed by atoms with Crippen LogP contribution in [0.3, 0.4) is 0 Å². The second-order valence-corrected chi connectivity index (χ2v) is 7.06. The summed E-state index contributed by atoms with van der Waals surface area (Å²) in [5, 5.41) is -0.140. The third-order valence-corrected chi connectivity index (χ3v) is 5.03. The van der Waals surface area contributed by atoms with Crippen molar-refractivity contribution in [2.75, 3.05) is 14.2 Å². The van der Waals surface area contributed by atoms with Crippen molar-refractivity contribution in [3.63, 3.8) is 0 Å². The molecule has 1 aliphatic heterocycles. The molecule has 1 aliphatic rings. The lowest BCUT2D eigenvalue weighted by atomic mass is 10.2. The van der Waals surface area contributed by atoms with Crippen LogP contribution in [0.15, 0.2) is 29.3 Å². The van der Waals surface area contributed by atoms with Gasteiger partial charge in [-0.2, -0.15) is 9.37 Å². The van der Waals surface area contributed by atoms with Crippen LogP contribution < -0.4 is 9.47 Å². The molecule has 0 N–H and O–H groups in total. The van der Waals surface area contributed by atoms with E-state index in [0.29, 0.717) is 20.5 Å². The molecule has 0 aliphatic carbocycles. The molecule has 0 saturated carbocycles. The molecule has 2 aromatic rings. The number of hydrogen-bond acceptors (Lipinski definition) is 7. The zero-order chi connectivity index (χ0) is 18.8.